The first-order chi connectivity index (χ1) is 9.47. The van der Waals surface area contributed by atoms with Crippen LogP contribution in [-0.4, -0.2) is 23.1 Å². The highest BCUT2D eigenvalue weighted by Crippen LogP contribution is 2.20. The van der Waals surface area contributed by atoms with Crippen molar-refractivity contribution in [2.24, 2.45) is 0 Å². The third-order valence-corrected chi connectivity index (χ3v) is 2.77. The summed E-state index contributed by atoms with van der Waals surface area (Å²) >= 11 is 3.20. The first-order valence-corrected chi connectivity index (χ1v) is 6.20. The largest absolute Gasteiger partial charge is 0.480 e. The van der Waals surface area contributed by atoms with Crippen molar-refractivity contribution >= 4 is 33.6 Å². The molecule has 0 heterocycles. The van der Waals surface area contributed by atoms with Crippen molar-refractivity contribution in [3.8, 4) is 18.4 Å². The molecule has 1 atom stereocenters. The number of nitrogens with one attached hydrogen (secondary N) is 2. The summed E-state index contributed by atoms with van der Waals surface area (Å²) in [5, 5.41) is 22.4. The molecule has 1 unspecified atom stereocenters. The summed E-state index contributed by atoms with van der Waals surface area (Å²) < 4.78 is 0.691. The molecule has 0 aliphatic carbocycles. The molecule has 3 N–H and O–H groups in total. The zero-order chi connectivity index (χ0) is 15.1. The number of benzene rings is 1. The fourth-order valence-corrected chi connectivity index (χ4v) is 1.71. The molecule has 20 heavy (non-hydrogen) atoms. The van der Waals surface area contributed by atoms with Crippen molar-refractivity contribution in [2.75, 3.05) is 5.32 Å². The van der Waals surface area contributed by atoms with Crippen LogP contribution in [0.4, 0.5) is 10.5 Å². The van der Waals surface area contributed by atoms with Crippen LogP contribution in [0.2, 0.25) is 0 Å². The van der Waals surface area contributed by atoms with Crippen molar-refractivity contribution in [2.45, 2.75) is 12.5 Å². The van der Waals surface area contributed by atoms with Gasteiger partial charge in [0.25, 0.3) is 0 Å². The number of carbonyl (C=O) groups excluding carboxylic acids is 1. The third-order valence-electron chi connectivity index (χ3n) is 2.28. The standard InChI is InChI=1S/C13H10BrN3O3/c1-2-3-11(12(18)19)17-13(20)16-10-5-4-9(14)6-8(10)7-15/h1,4-6,11H,3H2,(H,18,19)(H2,16,17,20). The van der Waals surface area contributed by atoms with Crippen LogP contribution in [0.3, 0.4) is 0 Å². The van der Waals surface area contributed by atoms with Crippen LogP contribution in [0.25, 0.3) is 0 Å². The number of nitrogens with zero attached hydrogens (tertiary/aromatic N) is 1. The van der Waals surface area contributed by atoms with E-state index in [1.807, 2.05) is 6.07 Å². The Morgan fingerprint density at radius 1 is 1.50 bits per heavy atom. The lowest BCUT2D eigenvalue weighted by atomic mass is 10.2. The third kappa shape index (κ3) is 4.30. The Hall–Kier alpha value is -2.51. The van der Waals surface area contributed by atoms with E-state index in [4.69, 9.17) is 16.8 Å². The van der Waals surface area contributed by atoms with Gasteiger partial charge in [0, 0.05) is 10.9 Å². The second-order valence-electron chi connectivity index (χ2n) is 3.70. The van der Waals surface area contributed by atoms with Crippen LogP contribution in [0.1, 0.15) is 12.0 Å². The van der Waals surface area contributed by atoms with Crippen LogP contribution >= 0.6 is 15.9 Å². The van der Waals surface area contributed by atoms with Crippen molar-refractivity contribution in [1.82, 2.24) is 5.32 Å². The summed E-state index contributed by atoms with van der Waals surface area (Å²) in [4.78, 5) is 22.5. The quantitative estimate of drug-likeness (QED) is 0.731. The van der Waals surface area contributed by atoms with E-state index in [0.29, 0.717) is 4.47 Å². The highest BCUT2D eigenvalue weighted by atomic mass is 79.9. The number of terminal acetylenes is 1. The lowest BCUT2D eigenvalue weighted by Crippen LogP contribution is -2.42. The minimum Gasteiger partial charge on any atom is -0.480 e. The number of carboxylic acid groups (broad SMARTS) is 1. The van der Waals surface area contributed by atoms with E-state index < -0.39 is 18.0 Å². The van der Waals surface area contributed by atoms with Gasteiger partial charge in [-0.05, 0) is 18.2 Å². The van der Waals surface area contributed by atoms with Crippen molar-refractivity contribution in [3.05, 3.63) is 28.2 Å². The maximum absolute atomic E-state index is 11.7. The predicted molar refractivity (Wildman–Crippen MR) is 75.9 cm³/mol. The lowest BCUT2D eigenvalue weighted by molar-refractivity contribution is -0.139. The number of hydrogen-bond acceptors (Lipinski definition) is 3. The number of anilines is 1. The molecule has 6 nitrogen and oxygen atoms in total. The summed E-state index contributed by atoms with van der Waals surface area (Å²) in [6.45, 7) is 0. The van der Waals surface area contributed by atoms with Gasteiger partial charge in [-0.1, -0.05) is 15.9 Å². The molecule has 1 aromatic carbocycles. The smallest absolute Gasteiger partial charge is 0.327 e. The lowest BCUT2D eigenvalue weighted by Gasteiger charge is -2.13. The Kier molecular flexibility index (Phi) is 5.57. The summed E-state index contributed by atoms with van der Waals surface area (Å²) in [6.07, 6.45) is 4.89. The number of urea groups is 1. The second-order valence-corrected chi connectivity index (χ2v) is 4.61. The number of rotatable bonds is 4. The molecule has 0 aliphatic heterocycles. The molecular weight excluding hydrogens is 326 g/mol. The molecule has 0 bridgehead atoms. The topological polar surface area (TPSA) is 102 Å². The Labute approximate surface area is 123 Å². The van der Waals surface area contributed by atoms with Crippen molar-refractivity contribution in [1.29, 1.82) is 5.26 Å². The summed E-state index contributed by atoms with van der Waals surface area (Å²) in [5.41, 5.74) is 0.524. The van der Waals surface area contributed by atoms with Crippen LogP contribution in [-0.2, 0) is 4.79 Å². The number of carbonyl (C=O) groups is 2. The van der Waals surface area contributed by atoms with E-state index in [0.717, 1.165) is 0 Å². The summed E-state index contributed by atoms with van der Waals surface area (Å²) in [7, 11) is 0. The Bertz CT molecular complexity index is 616. The van der Waals surface area contributed by atoms with Gasteiger partial charge >= 0.3 is 12.0 Å². The summed E-state index contributed by atoms with van der Waals surface area (Å²) in [5.74, 6) is 0.939. The number of aliphatic carboxylic acids is 1. The van der Waals surface area contributed by atoms with Crippen molar-refractivity contribution in [3.63, 3.8) is 0 Å². The summed E-state index contributed by atoms with van der Waals surface area (Å²) in [6, 6.07) is 4.70. The van der Waals surface area contributed by atoms with E-state index in [1.54, 1.807) is 6.07 Å². The number of carboxylic acids is 1. The Morgan fingerprint density at radius 3 is 2.75 bits per heavy atom. The van der Waals surface area contributed by atoms with Gasteiger partial charge in [0.1, 0.15) is 12.1 Å². The first-order valence-electron chi connectivity index (χ1n) is 5.41. The molecule has 0 radical (unpaired) electrons. The average Bonchev–Trinajstić information content (AvgIpc) is 2.40. The van der Waals surface area contributed by atoms with Gasteiger partial charge < -0.3 is 15.7 Å². The Balaban J connectivity index is 2.79. The van der Waals surface area contributed by atoms with E-state index >= 15 is 0 Å². The molecule has 0 aromatic heterocycles. The molecule has 0 spiro atoms. The number of hydrogen-bond donors (Lipinski definition) is 3. The van der Waals surface area contributed by atoms with Gasteiger partial charge in [0.2, 0.25) is 0 Å². The molecule has 2 amide bonds. The fourth-order valence-electron chi connectivity index (χ4n) is 1.35. The maximum atomic E-state index is 11.7. The van der Waals surface area contributed by atoms with Crippen LogP contribution in [0.5, 0.6) is 0 Å². The van der Waals surface area contributed by atoms with Crippen molar-refractivity contribution < 1.29 is 14.7 Å². The van der Waals surface area contributed by atoms with Gasteiger partial charge in [-0.2, -0.15) is 5.26 Å². The minimum atomic E-state index is -1.23. The molecule has 1 rings (SSSR count). The second kappa shape index (κ2) is 7.17. The normalized spacial score (nSPS) is 10.8. The highest BCUT2D eigenvalue weighted by Gasteiger charge is 2.19. The molecule has 7 heteroatoms. The molecule has 102 valence electrons. The SMILES string of the molecule is C#CCC(NC(=O)Nc1ccc(Br)cc1C#N)C(=O)O. The van der Waals surface area contributed by atoms with Crippen LogP contribution in [0.15, 0.2) is 22.7 Å². The minimum absolute atomic E-state index is 0.131. The Morgan fingerprint density at radius 2 is 2.20 bits per heavy atom. The number of halogens is 1. The van der Waals surface area contributed by atoms with Crippen LogP contribution in [0, 0.1) is 23.7 Å². The van der Waals surface area contributed by atoms with Gasteiger partial charge in [-0.25, -0.2) is 9.59 Å². The van der Waals surface area contributed by atoms with E-state index in [1.165, 1.54) is 12.1 Å². The van der Waals surface area contributed by atoms with E-state index in [9.17, 15) is 9.59 Å². The average molecular weight is 336 g/mol. The van der Waals surface area contributed by atoms with Gasteiger partial charge in [-0.15, -0.1) is 12.3 Å². The number of amides is 2. The molecule has 0 fully saturated rings. The van der Waals surface area contributed by atoms with E-state index in [2.05, 4.69) is 32.5 Å². The molecular formula is C13H10BrN3O3. The first kappa shape index (κ1) is 15.5. The fraction of sp³-hybridized carbons (Fsp3) is 0.154. The van der Waals surface area contributed by atoms with Gasteiger partial charge in [-0.3, -0.25) is 0 Å². The molecule has 0 saturated carbocycles. The van der Waals surface area contributed by atoms with Crippen LogP contribution < -0.4 is 10.6 Å². The monoisotopic (exact) mass is 335 g/mol. The maximum Gasteiger partial charge on any atom is 0.327 e. The van der Waals surface area contributed by atoms with Gasteiger partial charge in [0.05, 0.1) is 11.3 Å². The highest BCUT2D eigenvalue weighted by molar-refractivity contribution is 9.10. The number of nitriles is 1. The van der Waals surface area contributed by atoms with Gasteiger partial charge in [0.15, 0.2) is 0 Å². The van der Waals surface area contributed by atoms with E-state index in [-0.39, 0.29) is 17.7 Å². The molecule has 1 aromatic rings. The zero-order valence-electron chi connectivity index (χ0n) is 10.2. The molecule has 0 aliphatic rings. The predicted octanol–water partition coefficient (Wildman–Crippen LogP) is 1.92. The zero-order valence-corrected chi connectivity index (χ0v) is 11.8. The molecule has 0 saturated heterocycles.